The first-order valence-corrected chi connectivity index (χ1v) is 2.47. The minimum absolute atomic E-state index is 0.745. The highest BCUT2D eigenvalue weighted by Gasteiger charge is 1.82. The first-order chi connectivity index (χ1) is 3.66. The van der Waals surface area contributed by atoms with Crippen LogP contribution >= 0.6 is 0 Å². The summed E-state index contributed by atoms with van der Waals surface area (Å²) in [4.78, 5) is 11.8. The zero-order chi connectivity index (χ0) is 6.57. The molecule has 0 atom stereocenters. The molecule has 2 nitrogen and oxygen atoms in total. The van der Waals surface area contributed by atoms with Gasteiger partial charge in [-0.05, 0) is 6.92 Å². The Bertz CT molecular complexity index is 105. The van der Waals surface area contributed by atoms with Crippen molar-refractivity contribution in [1.82, 2.24) is 4.90 Å². The number of carbonyl (C=O) groups excluding carboxylic acids is 1. The fourth-order valence-electron chi connectivity index (χ4n) is 0.438. The molecule has 0 amide bonds. The molecule has 46 valence electrons. The molecule has 0 unspecified atom stereocenters. The van der Waals surface area contributed by atoms with Gasteiger partial charge in [-0.2, -0.15) is 0 Å². The number of hydrogen-bond acceptors (Lipinski definition) is 2. The number of carbonyl (C=O) groups is 1. The number of aldehydes is 1. The van der Waals surface area contributed by atoms with Crippen molar-refractivity contribution in [2.75, 3.05) is 14.1 Å². The van der Waals surface area contributed by atoms with Gasteiger partial charge < -0.3 is 4.90 Å². The van der Waals surface area contributed by atoms with Gasteiger partial charge in [0.05, 0.1) is 0 Å². The molecule has 0 spiro atoms. The number of nitrogens with zero attached hydrogens (tertiary/aromatic N) is 1. The van der Waals surface area contributed by atoms with E-state index >= 15 is 0 Å². The summed E-state index contributed by atoms with van der Waals surface area (Å²) in [5.74, 6) is 0. The Morgan fingerprint density at radius 2 is 2.00 bits per heavy atom. The third-order valence-electron chi connectivity index (χ3n) is 0.648. The van der Waals surface area contributed by atoms with Crippen molar-refractivity contribution >= 4 is 6.29 Å². The maximum absolute atomic E-state index is 9.95. The van der Waals surface area contributed by atoms with E-state index in [4.69, 9.17) is 0 Å². The lowest BCUT2D eigenvalue weighted by Crippen LogP contribution is -2.01. The van der Waals surface area contributed by atoms with Crippen LogP contribution in [0.15, 0.2) is 11.8 Å². The van der Waals surface area contributed by atoms with Crippen molar-refractivity contribution < 1.29 is 4.79 Å². The van der Waals surface area contributed by atoms with Crippen molar-refractivity contribution in [3.05, 3.63) is 11.8 Å². The van der Waals surface area contributed by atoms with E-state index in [-0.39, 0.29) is 0 Å². The molecule has 0 saturated heterocycles. The first kappa shape index (κ1) is 7.21. The summed E-state index contributed by atoms with van der Waals surface area (Å²) >= 11 is 0. The molecule has 0 radical (unpaired) electrons. The van der Waals surface area contributed by atoms with Gasteiger partial charge in [-0.15, -0.1) is 0 Å². The maximum Gasteiger partial charge on any atom is 0.147 e. The molecule has 2 heteroatoms. The summed E-state index contributed by atoms with van der Waals surface area (Å²) in [7, 11) is 3.76. The molecule has 0 heterocycles. The van der Waals surface area contributed by atoms with E-state index < -0.39 is 0 Å². The molecule has 0 aromatic heterocycles. The average molecular weight is 113 g/mol. The summed E-state index contributed by atoms with van der Waals surface area (Å²) in [5, 5.41) is 0. The largest absolute Gasteiger partial charge is 0.383 e. The molecular weight excluding hydrogens is 102 g/mol. The van der Waals surface area contributed by atoms with E-state index in [9.17, 15) is 4.79 Å². The summed E-state index contributed by atoms with van der Waals surface area (Å²) in [6, 6.07) is 0. The molecule has 0 aliphatic carbocycles. The molecule has 0 aromatic rings. The number of rotatable bonds is 2. The maximum atomic E-state index is 9.95. The minimum Gasteiger partial charge on any atom is -0.383 e. The Hall–Kier alpha value is -0.790. The molecule has 0 aliphatic rings. The van der Waals surface area contributed by atoms with Crippen LogP contribution in [-0.2, 0) is 4.79 Å². The van der Waals surface area contributed by atoms with Gasteiger partial charge in [0.15, 0.2) is 0 Å². The number of hydrogen-bond donors (Lipinski definition) is 0. The van der Waals surface area contributed by atoms with E-state index in [1.54, 1.807) is 13.1 Å². The van der Waals surface area contributed by atoms with Crippen LogP contribution in [0, 0.1) is 0 Å². The van der Waals surface area contributed by atoms with Gasteiger partial charge in [-0.3, -0.25) is 4.79 Å². The summed E-state index contributed by atoms with van der Waals surface area (Å²) in [5.41, 5.74) is 0.745. The van der Waals surface area contributed by atoms with Crippen molar-refractivity contribution in [2.24, 2.45) is 0 Å². The molecule has 8 heavy (non-hydrogen) atoms. The van der Waals surface area contributed by atoms with Crippen LogP contribution in [0.25, 0.3) is 0 Å². The summed E-state index contributed by atoms with van der Waals surface area (Å²) < 4.78 is 0. The topological polar surface area (TPSA) is 20.3 Å². The van der Waals surface area contributed by atoms with E-state index in [2.05, 4.69) is 0 Å². The van der Waals surface area contributed by atoms with Gasteiger partial charge >= 0.3 is 0 Å². The smallest absolute Gasteiger partial charge is 0.147 e. The van der Waals surface area contributed by atoms with Gasteiger partial charge in [-0.1, -0.05) is 0 Å². The van der Waals surface area contributed by atoms with Gasteiger partial charge in [0, 0.05) is 25.9 Å². The summed E-state index contributed by atoms with van der Waals surface area (Å²) in [6.45, 7) is 1.77. The molecule has 0 bridgehead atoms. The Morgan fingerprint density at radius 3 is 2.12 bits per heavy atom. The van der Waals surface area contributed by atoms with Crippen LogP contribution in [0.1, 0.15) is 6.92 Å². The first-order valence-electron chi connectivity index (χ1n) is 2.47. The third kappa shape index (κ3) is 3.40. The van der Waals surface area contributed by atoms with Crippen LogP contribution in [0.5, 0.6) is 0 Å². The summed E-state index contributed by atoms with van der Waals surface area (Å²) in [6.07, 6.45) is 2.60. The lowest BCUT2D eigenvalue weighted by Gasteiger charge is -2.02. The van der Waals surface area contributed by atoms with E-state index in [0.29, 0.717) is 0 Å². The molecule has 0 rings (SSSR count). The van der Waals surface area contributed by atoms with E-state index in [0.717, 1.165) is 11.9 Å². The van der Waals surface area contributed by atoms with Crippen molar-refractivity contribution in [1.29, 1.82) is 0 Å². The van der Waals surface area contributed by atoms with E-state index in [1.165, 1.54) is 0 Å². The number of allylic oxidation sites excluding steroid dienone is 1. The molecule has 0 saturated carbocycles. The second kappa shape index (κ2) is 3.24. The van der Waals surface area contributed by atoms with Crippen molar-refractivity contribution in [3.63, 3.8) is 0 Å². The van der Waals surface area contributed by atoms with Gasteiger partial charge in [0.2, 0.25) is 0 Å². The highest BCUT2D eigenvalue weighted by atomic mass is 16.1. The second-order valence-electron chi connectivity index (χ2n) is 1.95. The van der Waals surface area contributed by atoms with Crippen molar-refractivity contribution in [3.8, 4) is 0 Å². The molecular formula is C6H11NO. The fraction of sp³-hybridized carbons (Fsp3) is 0.500. The Kier molecular flexibility index (Phi) is 2.92. The molecule has 0 fully saturated rings. The minimum atomic E-state index is 0.745. The SMILES string of the molecule is CC(C=O)=CN(C)C. The predicted molar refractivity (Wildman–Crippen MR) is 33.5 cm³/mol. The van der Waals surface area contributed by atoms with Gasteiger partial charge in [-0.25, -0.2) is 0 Å². The average Bonchev–Trinajstić information content (AvgIpc) is 1.65. The van der Waals surface area contributed by atoms with Crippen LogP contribution in [0.3, 0.4) is 0 Å². The Balaban J connectivity index is 3.74. The quantitative estimate of drug-likeness (QED) is 0.387. The zero-order valence-electron chi connectivity index (χ0n) is 5.51. The van der Waals surface area contributed by atoms with Crippen molar-refractivity contribution in [2.45, 2.75) is 6.92 Å². The lowest BCUT2D eigenvalue weighted by molar-refractivity contribution is -0.104. The van der Waals surface area contributed by atoms with Gasteiger partial charge in [0.1, 0.15) is 6.29 Å². The Labute approximate surface area is 49.8 Å². The van der Waals surface area contributed by atoms with Gasteiger partial charge in [0.25, 0.3) is 0 Å². The van der Waals surface area contributed by atoms with Crippen LogP contribution in [-0.4, -0.2) is 25.3 Å². The van der Waals surface area contributed by atoms with Crippen LogP contribution in [0.2, 0.25) is 0 Å². The highest BCUT2D eigenvalue weighted by molar-refractivity contribution is 5.71. The second-order valence-corrected chi connectivity index (χ2v) is 1.95. The Morgan fingerprint density at radius 1 is 1.50 bits per heavy atom. The standard InChI is InChI=1S/C6H11NO/c1-6(5-8)4-7(2)3/h4-5H,1-3H3. The predicted octanol–water partition coefficient (Wildman–Crippen LogP) is 0.651. The zero-order valence-corrected chi connectivity index (χ0v) is 5.51. The lowest BCUT2D eigenvalue weighted by atomic mass is 10.4. The van der Waals surface area contributed by atoms with Crippen LogP contribution < -0.4 is 0 Å². The normalized spacial score (nSPS) is 11.1. The molecule has 0 aliphatic heterocycles. The fourth-order valence-corrected chi connectivity index (χ4v) is 0.438. The molecule has 0 aromatic carbocycles. The molecule has 0 N–H and O–H groups in total. The van der Waals surface area contributed by atoms with E-state index in [1.807, 2.05) is 19.0 Å². The highest BCUT2D eigenvalue weighted by Crippen LogP contribution is 1.86. The third-order valence-corrected chi connectivity index (χ3v) is 0.648. The monoisotopic (exact) mass is 113 g/mol. The van der Waals surface area contributed by atoms with Crippen LogP contribution in [0.4, 0.5) is 0 Å².